The van der Waals surface area contributed by atoms with Crippen LogP contribution in [-0.2, 0) is 0 Å². The molecule has 1 aliphatic heterocycles. The molecule has 0 amide bonds. The van der Waals surface area contributed by atoms with Crippen molar-refractivity contribution < 1.29 is 0 Å². The molecule has 2 heteroatoms. The third kappa shape index (κ3) is 3.25. The molecule has 0 aliphatic carbocycles. The first-order valence-electron chi connectivity index (χ1n) is 6.08. The Balaban J connectivity index is 2.51. The average Bonchev–Trinajstić information content (AvgIpc) is 2.10. The molecule has 1 N–H and O–H groups in total. The largest absolute Gasteiger partial charge is 0.309 e. The van der Waals surface area contributed by atoms with E-state index in [4.69, 9.17) is 0 Å². The lowest BCUT2D eigenvalue weighted by molar-refractivity contribution is 0.0897. The molecule has 1 atom stereocenters. The van der Waals surface area contributed by atoms with Crippen molar-refractivity contribution in [2.45, 2.75) is 58.5 Å². The van der Waals surface area contributed by atoms with Crippen LogP contribution in [0.3, 0.4) is 0 Å². The maximum Gasteiger partial charge on any atom is 0.0252 e. The number of rotatable bonds is 4. The van der Waals surface area contributed by atoms with Crippen molar-refractivity contribution in [2.75, 3.05) is 19.6 Å². The van der Waals surface area contributed by atoms with Gasteiger partial charge in [0.05, 0.1) is 0 Å². The minimum atomic E-state index is 0.305. The monoisotopic (exact) mass is 198 g/mol. The van der Waals surface area contributed by atoms with Crippen LogP contribution in [0.1, 0.15) is 47.0 Å². The Hall–Kier alpha value is -0.0800. The SMILES string of the molecule is CCCC1CNC(C)(C)CN1CCC. The molecule has 1 unspecified atom stereocenters. The molecule has 1 heterocycles. The maximum atomic E-state index is 3.64. The van der Waals surface area contributed by atoms with Crippen LogP contribution in [0.25, 0.3) is 0 Å². The van der Waals surface area contributed by atoms with Crippen LogP contribution in [0, 0.1) is 0 Å². The highest BCUT2D eigenvalue weighted by atomic mass is 15.2. The summed E-state index contributed by atoms with van der Waals surface area (Å²) in [6, 6.07) is 0.771. The zero-order chi connectivity index (χ0) is 10.6. The normalized spacial score (nSPS) is 27.9. The Labute approximate surface area is 89.1 Å². The number of hydrogen-bond donors (Lipinski definition) is 1. The maximum absolute atomic E-state index is 3.64. The molecule has 0 bridgehead atoms. The lowest BCUT2D eigenvalue weighted by atomic mass is 9.96. The van der Waals surface area contributed by atoms with Gasteiger partial charge < -0.3 is 5.32 Å². The Kier molecular flexibility index (Phi) is 4.39. The van der Waals surface area contributed by atoms with Gasteiger partial charge in [0.15, 0.2) is 0 Å². The molecule has 1 aliphatic rings. The summed E-state index contributed by atoms with van der Waals surface area (Å²) in [5, 5.41) is 3.64. The van der Waals surface area contributed by atoms with Gasteiger partial charge in [0.25, 0.3) is 0 Å². The predicted octanol–water partition coefficient (Wildman–Crippen LogP) is 2.25. The first-order chi connectivity index (χ1) is 6.59. The summed E-state index contributed by atoms with van der Waals surface area (Å²) >= 11 is 0. The molecule has 0 aromatic heterocycles. The Morgan fingerprint density at radius 1 is 1.29 bits per heavy atom. The summed E-state index contributed by atoms with van der Waals surface area (Å²) in [6.45, 7) is 12.8. The second-order valence-electron chi connectivity index (χ2n) is 5.18. The van der Waals surface area contributed by atoms with E-state index in [9.17, 15) is 0 Å². The fourth-order valence-electron chi connectivity index (χ4n) is 2.38. The molecule has 0 aromatic rings. The van der Waals surface area contributed by atoms with Gasteiger partial charge in [-0.3, -0.25) is 4.90 Å². The van der Waals surface area contributed by atoms with E-state index >= 15 is 0 Å². The zero-order valence-electron chi connectivity index (χ0n) is 10.3. The van der Waals surface area contributed by atoms with E-state index in [2.05, 4.69) is 37.9 Å². The smallest absolute Gasteiger partial charge is 0.0252 e. The summed E-state index contributed by atoms with van der Waals surface area (Å²) in [4.78, 5) is 2.67. The van der Waals surface area contributed by atoms with Crippen LogP contribution in [0.15, 0.2) is 0 Å². The van der Waals surface area contributed by atoms with E-state index in [1.807, 2.05) is 0 Å². The molecular weight excluding hydrogens is 172 g/mol. The Morgan fingerprint density at radius 3 is 2.57 bits per heavy atom. The van der Waals surface area contributed by atoms with E-state index in [-0.39, 0.29) is 0 Å². The molecule has 2 nitrogen and oxygen atoms in total. The summed E-state index contributed by atoms with van der Waals surface area (Å²) in [7, 11) is 0. The Morgan fingerprint density at radius 2 is 2.00 bits per heavy atom. The van der Waals surface area contributed by atoms with E-state index < -0.39 is 0 Å². The lowest BCUT2D eigenvalue weighted by Gasteiger charge is -2.44. The molecule has 1 fully saturated rings. The van der Waals surface area contributed by atoms with Gasteiger partial charge >= 0.3 is 0 Å². The summed E-state index contributed by atoms with van der Waals surface area (Å²) in [5.41, 5.74) is 0.305. The number of piperazine rings is 1. The quantitative estimate of drug-likeness (QED) is 0.745. The summed E-state index contributed by atoms with van der Waals surface area (Å²) in [5.74, 6) is 0. The third-order valence-corrected chi connectivity index (χ3v) is 3.06. The van der Waals surface area contributed by atoms with Gasteiger partial charge in [-0.15, -0.1) is 0 Å². The van der Waals surface area contributed by atoms with Gasteiger partial charge in [-0.25, -0.2) is 0 Å². The van der Waals surface area contributed by atoms with Crippen molar-refractivity contribution in [3.8, 4) is 0 Å². The molecule has 0 saturated carbocycles. The molecule has 0 spiro atoms. The van der Waals surface area contributed by atoms with Crippen molar-refractivity contribution in [1.29, 1.82) is 0 Å². The lowest BCUT2D eigenvalue weighted by Crippen LogP contribution is -2.61. The van der Waals surface area contributed by atoms with Crippen LogP contribution in [0.5, 0.6) is 0 Å². The minimum absolute atomic E-state index is 0.305. The fraction of sp³-hybridized carbons (Fsp3) is 1.00. The van der Waals surface area contributed by atoms with Gasteiger partial charge in [-0.1, -0.05) is 20.3 Å². The first kappa shape index (κ1) is 12.0. The van der Waals surface area contributed by atoms with E-state index in [1.165, 1.54) is 38.9 Å². The van der Waals surface area contributed by atoms with Crippen molar-refractivity contribution >= 4 is 0 Å². The van der Waals surface area contributed by atoms with Crippen molar-refractivity contribution in [3.63, 3.8) is 0 Å². The fourth-order valence-corrected chi connectivity index (χ4v) is 2.38. The minimum Gasteiger partial charge on any atom is -0.309 e. The van der Waals surface area contributed by atoms with Gasteiger partial charge in [-0.2, -0.15) is 0 Å². The zero-order valence-corrected chi connectivity index (χ0v) is 10.3. The first-order valence-corrected chi connectivity index (χ1v) is 6.08. The van der Waals surface area contributed by atoms with Gasteiger partial charge in [0.1, 0.15) is 0 Å². The van der Waals surface area contributed by atoms with Gasteiger partial charge in [-0.05, 0) is 33.2 Å². The van der Waals surface area contributed by atoms with Crippen LogP contribution >= 0.6 is 0 Å². The second-order valence-corrected chi connectivity index (χ2v) is 5.18. The highest BCUT2D eigenvalue weighted by Crippen LogP contribution is 2.18. The summed E-state index contributed by atoms with van der Waals surface area (Å²) in [6.07, 6.45) is 3.91. The van der Waals surface area contributed by atoms with E-state index in [0.717, 1.165) is 6.04 Å². The molecule has 0 aromatic carbocycles. The van der Waals surface area contributed by atoms with E-state index in [1.54, 1.807) is 0 Å². The highest BCUT2D eigenvalue weighted by Gasteiger charge is 2.30. The Bertz CT molecular complexity index is 166. The van der Waals surface area contributed by atoms with Crippen LogP contribution in [0.4, 0.5) is 0 Å². The highest BCUT2D eigenvalue weighted by molar-refractivity contribution is 4.91. The summed E-state index contributed by atoms with van der Waals surface area (Å²) < 4.78 is 0. The molecular formula is C12H26N2. The predicted molar refractivity (Wildman–Crippen MR) is 62.6 cm³/mol. The van der Waals surface area contributed by atoms with Gasteiger partial charge in [0, 0.05) is 24.7 Å². The van der Waals surface area contributed by atoms with Gasteiger partial charge in [0.2, 0.25) is 0 Å². The van der Waals surface area contributed by atoms with Crippen LogP contribution in [-0.4, -0.2) is 36.1 Å². The topological polar surface area (TPSA) is 15.3 Å². The van der Waals surface area contributed by atoms with E-state index in [0.29, 0.717) is 5.54 Å². The standard InChI is InChI=1S/C12H26N2/c1-5-7-11-9-13-12(3,4)10-14(11)8-6-2/h11,13H,5-10H2,1-4H3. The number of hydrogen-bond acceptors (Lipinski definition) is 2. The molecule has 1 rings (SSSR count). The van der Waals surface area contributed by atoms with Crippen molar-refractivity contribution in [2.24, 2.45) is 0 Å². The molecule has 1 saturated heterocycles. The number of nitrogens with one attached hydrogen (secondary N) is 1. The number of nitrogens with zero attached hydrogens (tertiary/aromatic N) is 1. The molecule has 0 radical (unpaired) electrons. The molecule has 84 valence electrons. The van der Waals surface area contributed by atoms with Crippen molar-refractivity contribution in [3.05, 3.63) is 0 Å². The third-order valence-electron chi connectivity index (χ3n) is 3.06. The van der Waals surface area contributed by atoms with Crippen LogP contribution < -0.4 is 5.32 Å². The average molecular weight is 198 g/mol. The van der Waals surface area contributed by atoms with Crippen LogP contribution in [0.2, 0.25) is 0 Å². The molecule has 14 heavy (non-hydrogen) atoms. The van der Waals surface area contributed by atoms with Crippen molar-refractivity contribution in [1.82, 2.24) is 10.2 Å². The second kappa shape index (κ2) is 5.13.